The molecule has 0 aromatic rings. The van der Waals surface area contributed by atoms with E-state index in [4.69, 9.17) is 4.74 Å². The van der Waals surface area contributed by atoms with E-state index >= 15 is 0 Å². The number of esters is 1. The molecule has 0 aliphatic rings. The van der Waals surface area contributed by atoms with Crippen LogP contribution in [0.25, 0.3) is 0 Å². The van der Waals surface area contributed by atoms with Crippen LogP contribution >= 0.6 is 35.7 Å². The van der Waals surface area contributed by atoms with Crippen molar-refractivity contribution in [3.63, 3.8) is 0 Å². The van der Waals surface area contributed by atoms with Gasteiger partial charge in [-0.15, -0.1) is 24.0 Å². The van der Waals surface area contributed by atoms with Crippen LogP contribution in [0.15, 0.2) is 4.99 Å². The van der Waals surface area contributed by atoms with Gasteiger partial charge in [-0.2, -0.15) is 11.8 Å². The lowest BCUT2D eigenvalue weighted by Gasteiger charge is -2.12. The fourth-order valence-electron chi connectivity index (χ4n) is 1.40. The lowest BCUT2D eigenvalue weighted by molar-refractivity contribution is -0.147. The summed E-state index contributed by atoms with van der Waals surface area (Å²) in [6.45, 7) is 5.13. The molecule has 0 aliphatic heterocycles. The maximum atomic E-state index is 11.3. The van der Waals surface area contributed by atoms with Crippen LogP contribution in [0.5, 0.6) is 0 Å². The highest BCUT2D eigenvalue weighted by atomic mass is 127. The number of guanidine groups is 1. The van der Waals surface area contributed by atoms with E-state index in [9.17, 15) is 4.79 Å². The van der Waals surface area contributed by atoms with Gasteiger partial charge in [0.25, 0.3) is 0 Å². The molecule has 0 aromatic heterocycles. The maximum Gasteiger partial charge on any atom is 0.307 e. The van der Waals surface area contributed by atoms with Gasteiger partial charge >= 0.3 is 5.97 Å². The number of halogens is 1. The average Bonchev–Trinajstić information content (AvgIpc) is 2.35. The number of hydrogen-bond donors (Lipinski definition) is 2. The van der Waals surface area contributed by atoms with E-state index in [0.29, 0.717) is 13.0 Å². The van der Waals surface area contributed by atoms with Crippen LogP contribution in [0.1, 0.15) is 33.1 Å². The van der Waals surface area contributed by atoms with Crippen molar-refractivity contribution in [2.45, 2.75) is 39.2 Å². The number of thioether (sulfide) groups is 1. The quantitative estimate of drug-likeness (QED) is 0.198. The summed E-state index contributed by atoms with van der Waals surface area (Å²) >= 11 is 1.86. The van der Waals surface area contributed by atoms with Gasteiger partial charge in [-0.3, -0.25) is 9.79 Å². The fraction of sp³-hybridized carbons (Fsp3) is 0.846. The first-order valence-corrected chi connectivity index (χ1v) is 8.12. The van der Waals surface area contributed by atoms with Crippen LogP contribution in [0, 0.1) is 0 Å². The Kier molecular flexibility index (Phi) is 16.8. The second kappa shape index (κ2) is 15.2. The van der Waals surface area contributed by atoms with Crippen LogP contribution in [0.4, 0.5) is 0 Å². The Bertz CT molecular complexity index is 276. The third-order valence-corrected chi connectivity index (χ3v) is 2.98. The number of hydrogen-bond acceptors (Lipinski definition) is 4. The molecule has 0 bridgehead atoms. The van der Waals surface area contributed by atoms with Crippen molar-refractivity contribution in [3.05, 3.63) is 0 Å². The lowest BCUT2D eigenvalue weighted by Crippen LogP contribution is -2.39. The first-order valence-electron chi connectivity index (χ1n) is 6.73. The molecule has 0 heterocycles. The summed E-state index contributed by atoms with van der Waals surface area (Å²) in [5, 5.41) is 6.32. The predicted molar refractivity (Wildman–Crippen MR) is 98.2 cm³/mol. The highest BCUT2D eigenvalue weighted by Crippen LogP contribution is 1.97. The van der Waals surface area contributed by atoms with Crippen LogP contribution in [0.2, 0.25) is 0 Å². The van der Waals surface area contributed by atoms with Gasteiger partial charge in [0.15, 0.2) is 5.96 Å². The molecule has 0 aromatic carbocycles. The molecule has 2 N–H and O–H groups in total. The highest BCUT2D eigenvalue weighted by Gasteiger charge is 2.05. The molecular formula is C13H28IN3O2S. The normalized spacial score (nSPS) is 10.9. The monoisotopic (exact) mass is 417 g/mol. The van der Waals surface area contributed by atoms with E-state index in [0.717, 1.165) is 18.9 Å². The van der Waals surface area contributed by atoms with Crippen molar-refractivity contribution in [1.82, 2.24) is 10.6 Å². The van der Waals surface area contributed by atoms with Gasteiger partial charge in [0, 0.05) is 20.1 Å². The summed E-state index contributed by atoms with van der Waals surface area (Å²) in [5.74, 6) is 1.74. The highest BCUT2D eigenvalue weighted by molar-refractivity contribution is 14.0. The second-order valence-corrected chi connectivity index (χ2v) is 5.40. The van der Waals surface area contributed by atoms with Crippen molar-refractivity contribution in [2.24, 2.45) is 4.99 Å². The van der Waals surface area contributed by atoms with Gasteiger partial charge in [0.2, 0.25) is 0 Å². The third-order valence-electron chi connectivity index (χ3n) is 2.28. The molecule has 7 heteroatoms. The van der Waals surface area contributed by atoms with Gasteiger partial charge < -0.3 is 15.4 Å². The number of unbranched alkanes of at least 4 members (excludes halogenated alkanes) is 1. The zero-order valence-electron chi connectivity index (χ0n) is 12.9. The Balaban J connectivity index is 0. The van der Waals surface area contributed by atoms with Crippen LogP contribution < -0.4 is 10.6 Å². The lowest BCUT2D eigenvalue weighted by atomic mass is 10.3. The molecule has 5 nitrogen and oxygen atoms in total. The van der Waals surface area contributed by atoms with Crippen LogP contribution in [0.3, 0.4) is 0 Å². The molecule has 0 aliphatic carbocycles. The summed E-state index contributed by atoms with van der Waals surface area (Å²) in [6.07, 6.45) is 4.74. The van der Waals surface area contributed by atoms with Crippen molar-refractivity contribution in [3.8, 4) is 0 Å². The number of nitrogens with zero attached hydrogens (tertiary/aromatic N) is 1. The molecule has 120 valence electrons. The summed E-state index contributed by atoms with van der Waals surface area (Å²) in [6, 6.07) is 0. The Morgan fingerprint density at radius 1 is 1.25 bits per heavy atom. The zero-order chi connectivity index (χ0) is 14.5. The van der Waals surface area contributed by atoms with E-state index in [1.54, 1.807) is 7.05 Å². The minimum absolute atomic E-state index is 0. The molecule has 0 saturated carbocycles. The summed E-state index contributed by atoms with van der Waals surface area (Å²) in [4.78, 5) is 15.4. The van der Waals surface area contributed by atoms with E-state index in [1.165, 1.54) is 12.2 Å². The first-order chi connectivity index (χ1) is 9.10. The Hall–Kier alpha value is -0.180. The Morgan fingerprint density at radius 3 is 2.45 bits per heavy atom. The number of rotatable bonds is 9. The third kappa shape index (κ3) is 14.2. The largest absolute Gasteiger partial charge is 0.463 e. The van der Waals surface area contributed by atoms with E-state index in [1.807, 2.05) is 25.6 Å². The van der Waals surface area contributed by atoms with Gasteiger partial charge in [0.1, 0.15) is 0 Å². The molecule has 0 atom stereocenters. The van der Waals surface area contributed by atoms with Crippen molar-refractivity contribution < 1.29 is 9.53 Å². The summed E-state index contributed by atoms with van der Waals surface area (Å²) in [5.41, 5.74) is 0. The summed E-state index contributed by atoms with van der Waals surface area (Å²) in [7, 11) is 1.73. The minimum atomic E-state index is -0.182. The van der Waals surface area contributed by atoms with Crippen LogP contribution in [-0.4, -0.2) is 50.2 Å². The Morgan fingerprint density at radius 2 is 1.90 bits per heavy atom. The molecule has 0 amide bonds. The standard InChI is InChI=1S/C13H27N3O2S.HI/c1-11(2)18-12(17)7-9-16-13(14-3)15-8-5-6-10-19-4;/h11H,5-10H2,1-4H3,(H2,14,15,16);1H. The van der Waals surface area contributed by atoms with Gasteiger partial charge in [-0.1, -0.05) is 0 Å². The molecule has 0 rings (SSSR count). The molecular weight excluding hydrogens is 389 g/mol. The van der Waals surface area contributed by atoms with E-state index in [2.05, 4.69) is 21.9 Å². The van der Waals surface area contributed by atoms with Gasteiger partial charge in [0.05, 0.1) is 12.5 Å². The minimum Gasteiger partial charge on any atom is -0.463 e. The first kappa shape index (κ1) is 22.1. The van der Waals surface area contributed by atoms with Gasteiger partial charge in [-0.05, 0) is 38.7 Å². The number of aliphatic imine (C=N–C) groups is 1. The molecule has 0 spiro atoms. The maximum absolute atomic E-state index is 11.3. The van der Waals surface area contributed by atoms with Crippen molar-refractivity contribution in [2.75, 3.05) is 32.1 Å². The Labute approximate surface area is 144 Å². The number of carbonyl (C=O) groups excluding carboxylic acids is 1. The topological polar surface area (TPSA) is 62.7 Å². The molecule has 20 heavy (non-hydrogen) atoms. The molecule has 0 fully saturated rings. The van der Waals surface area contributed by atoms with Crippen LogP contribution in [-0.2, 0) is 9.53 Å². The average molecular weight is 417 g/mol. The second-order valence-electron chi connectivity index (χ2n) is 4.41. The SMILES string of the molecule is CN=C(NCCCCSC)NCCC(=O)OC(C)C.I. The summed E-state index contributed by atoms with van der Waals surface area (Å²) < 4.78 is 5.05. The number of carbonyl (C=O) groups is 1. The van der Waals surface area contributed by atoms with Gasteiger partial charge in [-0.25, -0.2) is 0 Å². The zero-order valence-corrected chi connectivity index (χ0v) is 16.0. The molecule has 0 saturated heterocycles. The van der Waals surface area contributed by atoms with Crippen molar-refractivity contribution in [1.29, 1.82) is 0 Å². The van der Waals surface area contributed by atoms with Crippen molar-refractivity contribution >= 4 is 47.7 Å². The smallest absolute Gasteiger partial charge is 0.307 e. The molecule has 0 unspecified atom stereocenters. The van der Waals surface area contributed by atoms with E-state index in [-0.39, 0.29) is 36.0 Å². The molecule has 0 radical (unpaired) electrons. The number of nitrogens with one attached hydrogen (secondary N) is 2. The fourth-order valence-corrected chi connectivity index (χ4v) is 1.90. The predicted octanol–water partition coefficient (Wildman–Crippen LogP) is 2.25. The van der Waals surface area contributed by atoms with E-state index < -0.39 is 0 Å². The number of ether oxygens (including phenoxy) is 1.